The van der Waals surface area contributed by atoms with Crippen molar-refractivity contribution < 1.29 is 0 Å². The average molecular weight is 451 g/mol. The first-order chi connectivity index (χ1) is 10.6. The van der Waals surface area contributed by atoms with Crippen molar-refractivity contribution in [2.75, 3.05) is 32.4 Å². The summed E-state index contributed by atoms with van der Waals surface area (Å²) in [6, 6.07) is 1.97. The number of halogens is 1. The van der Waals surface area contributed by atoms with Gasteiger partial charge >= 0.3 is 0 Å². The SMILES string of the molecule is CN=C(NCC(C)Cn1cccn1)N1CCSC(C(C)C)C1.I. The molecule has 0 aliphatic carbocycles. The van der Waals surface area contributed by atoms with Gasteiger partial charge < -0.3 is 10.2 Å². The molecular formula is C16H30IN5S. The molecule has 0 amide bonds. The van der Waals surface area contributed by atoms with Gasteiger partial charge in [0.05, 0.1) is 0 Å². The zero-order chi connectivity index (χ0) is 15.9. The number of guanidine groups is 1. The molecule has 1 aliphatic heterocycles. The van der Waals surface area contributed by atoms with Gasteiger partial charge in [0, 0.05) is 56.6 Å². The zero-order valence-corrected chi connectivity index (χ0v) is 17.8. The van der Waals surface area contributed by atoms with Crippen molar-refractivity contribution in [2.24, 2.45) is 16.8 Å². The van der Waals surface area contributed by atoms with Crippen LogP contribution in [0, 0.1) is 11.8 Å². The lowest BCUT2D eigenvalue weighted by molar-refractivity contribution is 0.371. The molecule has 1 aromatic rings. The molecule has 2 rings (SSSR count). The van der Waals surface area contributed by atoms with Crippen molar-refractivity contribution in [1.29, 1.82) is 0 Å². The topological polar surface area (TPSA) is 45.5 Å². The van der Waals surface area contributed by atoms with Gasteiger partial charge in [0.2, 0.25) is 0 Å². The second-order valence-corrected chi connectivity index (χ2v) is 7.71. The van der Waals surface area contributed by atoms with Crippen molar-refractivity contribution in [3.05, 3.63) is 18.5 Å². The van der Waals surface area contributed by atoms with E-state index >= 15 is 0 Å². The zero-order valence-electron chi connectivity index (χ0n) is 14.6. The van der Waals surface area contributed by atoms with Gasteiger partial charge in [-0.2, -0.15) is 16.9 Å². The summed E-state index contributed by atoms with van der Waals surface area (Å²) < 4.78 is 1.99. The van der Waals surface area contributed by atoms with E-state index in [4.69, 9.17) is 0 Å². The highest BCUT2D eigenvalue weighted by Gasteiger charge is 2.24. The molecule has 1 saturated heterocycles. The van der Waals surface area contributed by atoms with Crippen molar-refractivity contribution in [1.82, 2.24) is 20.0 Å². The van der Waals surface area contributed by atoms with E-state index in [0.29, 0.717) is 17.1 Å². The van der Waals surface area contributed by atoms with Crippen molar-refractivity contribution in [3.8, 4) is 0 Å². The first-order valence-corrected chi connectivity index (χ1v) is 9.19. The maximum absolute atomic E-state index is 4.47. The molecule has 2 unspecified atom stereocenters. The van der Waals surface area contributed by atoms with Gasteiger partial charge in [0.25, 0.3) is 0 Å². The second-order valence-electron chi connectivity index (χ2n) is 6.36. The Balaban J connectivity index is 0.00000264. The van der Waals surface area contributed by atoms with E-state index in [1.807, 2.05) is 30.2 Å². The summed E-state index contributed by atoms with van der Waals surface area (Å²) in [5.41, 5.74) is 0. The van der Waals surface area contributed by atoms with Crippen molar-refractivity contribution in [3.63, 3.8) is 0 Å². The van der Waals surface area contributed by atoms with Gasteiger partial charge in [-0.05, 0) is 17.9 Å². The molecule has 0 radical (unpaired) electrons. The first-order valence-electron chi connectivity index (χ1n) is 8.14. The van der Waals surface area contributed by atoms with Crippen LogP contribution in [0.4, 0.5) is 0 Å². The van der Waals surface area contributed by atoms with Crippen molar-refractivity contribution in [2.45, 2.75) is 32.6 Å². The predicted octanol–water partition coefficient (Wildman–Crippen LogP) is 2.79. The Labute approximate surface area is 161 Å². The minimum Gasteiger partial charge on any atom is -0.356 e. The van der Waals surface area contributed by atoms with Gasteiger partial charge in [-0.25, -0.2) is 0 Å². The third-order valence-corrected chi connectivity index (χ3v) is 5.55. The van der Waals surface area contributed by atoms with Crippen LogP contribution in [0.25, 0.3) is 0 Å². The summed E-state index contributed by atoms with van der Waals surface area (Å²) in [6.07, 6.45) is 3.84. The summed E-state index contributed by atoms with van der Waals surface area (Å²) in [7, 11) is 1.88. The van der Waals surface area contributed by atoms with E-state index in [-0.39, 0.29) is 24.0 Å². The summed E-state index contributed by atoms with van der Waals surface area (Å²) >= 11 is 2.09. The predicted molar refractivity (Wildman–Crippen MR) is 111 cm³/mol. The van der Waals surface area contributed by atoms with E-state index in [2.05, 4.69) is 52.8 Å². The number of nitrogens with zero attached hydrogens (tertiary/aromatic N) is 4. The number of nitrogens with one attached hydrogen (secondary N) is 1. The molecule has 0 aromatic carbocycles. The Morgan fingerprint density at radius 3 is 2.83 bits per heavy atom. The Morgan fingerprint density at radius 1 is 1.43 bits per heavy atom. The molecule has 132 valence electrons. The van der Waals surface area contributed by atoms with Gasteiger partial charge in [-0.1, -0.05) is 20.8 Å². The first kappa shape index (κ1) is 20.6. The lowest BCUT2D eigenvalue weighted by atomic mass is 10.1. The summed E-state index contributed by atoms with van der Waals surface area (Å²) in [5.74, 6) is 3.45. The van der Waals surface area contributed by atoms with Gasteiger partial charge in [-0.15, -0.1) is 24.0 Å². The number of hydrogen-bond donors (Lipinski definition) is 1. The van der Waals surface area contributed by atoms with E-state index in [0.717, 1.165) is 32.1 Å². The number of thioether (sulfide) groups is 1. The molecule has 2 heterocycles. The van der Waals surface area contributed by atoms with Crippen LogP contribution in [0.2, 0.25) is 0 Å². The minimum atomic E-state index is 0. The Morgan fingerprint density at radius 2 is 2.22 bits per heavy atom. The van der Waals surface area contributed by atoms with Crippen molar-refractivity contribution >= 4 is 41.7 Å². The smallest absolute Gasteiger partial charge is 0.193 e. The number of hydrogen-bond acceptors (Lipinski definition) is 3. The second kappa shape index (κ2) is 10.4. The highest BCUT2D eigenvalue weighted by Crippen LogP contribution is 2.24. The summed E-state index contributed by atoms with van der Waals surface area (Å²) in [4.78, 5) is 6.88. The molecule has 1 fully saturated rings. The van der Waals surface area contributed by atoms with Crippen LogP contribution in [-0.4, -0.2) is 58.3 Å². The molecule has 0 spiro atoms. The monoisotopic (exact) mass is 451 g/mol. The normalized spacial score (nSPS) is 20.3. The number of aromatic nitrogens is 2. The molecule has 5 nitrogen and oxygen atoms in total. The molecule has 23 heavy (non-hydrogen) atoms. The fourth-order valence-electron chi connectivity index (χ4n) is 2.66. The Kier molecular flexibility index (Phi) is 9.34. The fourth-order valence-corrected chi connectivity index (χ4v) is 3.96. The van der Waals surface area contributed by atoms with E-state index in [1.165, 1.54) is 5.75 Å². The van der Waals surface area contributed by atoms with Crippen LogP contribution in [0.5, 0.6) is 0 Å². The summed E-state index contributed by atoms with van der Waals surface area (Å²) in [6.45, 7) is 10.9. The van der Waals surface area contributed by atoms with E-state index in [1.54, 1.807) is 0 Å². The molecule has 1 N–H and O–H groups in total. The molecular weight excluding hydrogens is 421 g/mol. The van der Waals surface area contributed by atoms with E-state index < -0.39 is 0 Å². The standard InChI is InChI=1S/C16H29N5S.HI/c1-13(2)15-12-20(8-9-22-15)16(17-4)18-10-14(3)11-21-7-5-6-19-21;/h5-7,13-15H,8-12H2,1-4H3,(H,17,18);1H. The molecule has 0 saturated carbocycles. The molecule has 2 atom stereocenters. The van der Waals surface area contributed by atoms with Crippen LogP contribution in [0.15, 0.2) is 23.5 Å². The highest BCUT2D eigenvalue weighted by molar-refractivity contribution is 14.0. The number of aliphatic imine (C=N–C) groups is 1. The Bertz CT molecular complexity index is 463. The van der Waals surface area contributed by atoms with Gasteiger partial charge in [0.1, 0.15) is 0 Å². The lowest BCUT2D eigenvalue weighted by Gasteiger charge is -2.36. The minimum absolute atomic E-state index is 0. The van der Waals surface area contributed by atoms with E-state index in [9.17, 15) is 0 Å². The van der Waals surface area contributed by atoms with Crippen LogP contribution in [0.3, 0.4) is 0 Å². The third-order valence-electron chi connectivity index (χ3n) is 4.01. The molecule has 1 aromatic heterocycles. The lowest BCUT2D eigenvalue weighted by Crippen LogP contribution is -2.49. The average Bonchev–Trinajstić information content (AvgIpc) is 3.01. The molecule has 7 heteroatoms. The van der Waals surface area contributed by atoms with Gasteiger partial charge in [0.15, 0.2) is 5.96 Å². The highest BCUT2D eigenvalue weighted by atomic mass is 127. The number of rotatable bonds is 5. The fraction of sp³-hybridized carbons (Fsp3) is 0.750. The maximum Gasteiger partial charge on any atom is 0.193 e. The van der Waals surface area contributed by atoms with Crippen LogP contribution in [-0.2, 0) is 6.54 Å². The van der Waals surface area contributed by atoms with Crippen LogP contribution in [0.1, 0.15) is 20.8 Å². The maximum atomic E-state index is 4.47. The molecule has 0 bridgehead atoms. The quantitative estimate of drug-likeness (QED) is 0.425. The summed E-state index contributed by atoms with van der Waals surface area (Å²) in [5, 5.41) is 8.51. The van der Waals surface area contributed by atoms with Gasteiger partial charge in [-0.3, -0.25) is 9.67 Å². The third kappa shape index (κ3) is 6.52. The largest absolute Gasteiger partial charge is 0.356 e. The molecule has 1 aliphatic rings. The van der Waals surface area contributed by atoms with Crippen LogP contribution < -0.4 is 5.32 Å². The Hall–Kier alpha value is -0.440. The van der Waals surface area contributed by atoms with Crippen LogP contribution >= 0.6 is 35.7 Å².